The second kappa shape index (κ2) is 6.69. The summed E-state index contributed by atoms with van der Waals surface area (Å²) < 4.78 is 39.2. The van der Waals surface area contributed by atoms with Crippen molar-refractivity contribution in [2.45, 2.75) is 19.1 Å². The largest absolute Gasteiger partial charge is 0.433 e. The average Bonchev–Trinajstić information content (AvgIpc) is 2.93. The molecule has 2 rings (SSSR count). The lowest BCUT2D eigenvalue weighted by Gasteiger charge is -2.12. The first kappa shape index (κ1) is 17.4. The molecule has 2 aromatic rings. The molecule has 0 aliphatic rings. The maximum Gasteiger partial charge on any atom is 0.433 e. The highest BCUT2D eigenvalue weighted by atomic mass is 19.4. The fourth-order valence-corrected chi connectivity index (χ4v) is 1.84. The van der Waals surface area contributed by atoms with E-state index in [0.29, 0.717) is 5.56 Å². The number of carbonyl (C=O) groups excluding carboxylic acids is 2. The smallest absolute Gasteiger partial charge is 0.341 e. The van der Waals surface area contributed by atoms with E-state index in [1.54, 1.807) is 20.2 Å². The van der Waals surface area contributed by atoms with Crippen LogP contribution in [0, 0.1) is 0 Å². The number of pyridine rings is 1. The number of hydrogen-bond acceptors (Lipinski definition) is 4. The highest BCUT2D eigenvalue weighted by Gasteiger charge is 2.32. The Bertz CT molecular complexity index is 757. The summed E-state index contributed by atoms with van der Waals surface area (Å²) in [5.74, 6) is -2.47. The number of carbonyl (C=O) groups is 2. The average molecular weight is 341 g/mol. The Balaban J connectivity index is 2.00. The van der Waals surface area contributed by atoms with Crippen molar-refractivity contribution in [2.75, 3.05) is 5.32 Å². The second-order valence-corrected chi connectivity index (χ2v) is 5.00. The van der Waals surface area contributed by atoms with Crippen molar-refractivity contribution in [3.8, 4) is 0 Å². The Morgan fingerprint density at radius 3 is 2.54 bits per heavy atom. The molecule has 7 nitrogen and oxygen atoms in total. The molecule has 2 aromatic heterocycles. The van der Waals surface area contributed by atoms with Gasteiger partial charge in [0.15, 0.2) is 0 Å². The Morgan fingerprint density at radius 1 is 1.25 bits per heavy atom. The van der Waals surface area contributed by atoms with Gasteiger partial charge in [0.1, 0.15) is 11.5 Å². The van der Waals surface area contributed by atoms with E-state index in [4.69, 9.17) is 0 Å². The molecule has 1 atom stereocenters. The van der Waals surface area contributed by atoms with E-state index < -0.39 is 29.7 Å². The summed E-state index contributed by atoms with van der Waals surface area (Å²) in [6.45, 7) is 1.64. The molecule has 2 amide bonds. The Kier molecular flexibility index (Phi) is 4.86. The number of aryl methyl sites for hydroxylation is 1. The molecule has 128 valence electrons. The maximum absolute atomic E-state index is 12.6. The van der Waals surface area contributed by atoms with Gasteiger partial charge in [-0.25, -0.2) is 4.98 Å². The van der Waals surface area contributed by atoms with Crippen LogP contribution in [0.1, 0.15) is 24.2 Å². The lowest BCUT2D eigenvalue weighted by molar-refractivity contribution is -0.141. The fraction of sp³-hybridized carbons (Fsp3) is 0.286. The van der Waals surface area contributed by atoms with Gasteiger partial charge in [0.25, 0.3) is 0 Å². The van der Waals surface area contributed by atoms with E-state index in [9.17, 15) is 22.8 Å². The Labute approximate surface area is 134 Å². The third kappa shape index (κ3) is 4.31. The molecule has 2 N–H and O–H groups in total. The van der Waals surface area contributed by atoms with E-state index in [1.165, 1.54) is 10.9 Å². The molecule has 0 aliphatic carbocycles. The number of anilines is 1. The fourth-order valence-electron chi connectivity index (χ4n) is 1.84. The van der Waals surface area contributed by atoms with Crippen molar-refractivity contribution in [2.24, 2.45) is 7.05 Å². The lowest BCUT2D eigenvalue weighted by atomic mass is 10.2. The number of alkyl halides is 3. The van der Waals surface area contributed by atoms with E-state index in [-0.39, 0.29) is 5.82 Å². The van der Waals surface area contributed by atoms with Crippen molar-refractivity contribution in [1.29, 1.82) is 0 Å². The second-order valence-electron chi connectivity index (χ2n) is 5.00. The summed E-state index contributed by atoms with van der Waals surface area (Å²) in [5.41, 5.74) is -0.486. The van der Waals surface area contributed by atoms with Crippen LogP contribution in [0.15, 0.2) is 30.6 Å². The van der Waals surface area contributed by atoms with Gasteiger partial charge in [-0.1, -0.05) is 6.07 Å². The van der Waals surface area contributed by atoms with Gasteiger partial charge in [-0.05, 0) is 19.1 Å². The Hall–Kier alpha value is -2.91. The normalized spacial score (nSPS) is 12.5. The van der Waals surface area contributed by atoms with Crippen molar-refractivity contribution in [1.82, 2.24) is 20.1 Å². The molecular weight excluding hydrogens is 327 g/mol. The Morgan fingerprint density at radius 2 is 1.96 bits per heavy atom. The van der Waals surface area contributed by atoms with Crippen LogP contribution in [0.5, 0.6) is 0 Å². The van der Waals surface area contributed by atoms with Crippen LogP contribution in [-0.2, 0) is 22.8 Å². The summed E-state index contributed by atoms with van der Waals surface area (Å²) in [7, 11) is 1.70. The first-order chi connectivity index (χ1) is 11.2. The van der Waals surface area contributed by atoms with Gasteiger partial charge < -0.3 is 10.6 Å². The number of nitrogens with one attached hydrogen (secondary N) is 2. The molecule has 2 heterocycles. The van der Waals surface area contributed by atoms with Crippen molar-refractivity contribution < 1.29 is 22.8 Å². The standard InChI is InChI=1S/C14H14F3N5O2/c1-8(9-6-18-22(2)7-9)19-12(23)13(24)21-11-5-3-4-10(20-11)14(15,16)17/h3-8H,1-2H3,(H,19,23)(H,20,21,24). The van der Waals surface area contributed by atoms with Crippen LogP contribution < -0.4 is 10.6 Å². The zero-order valence-corrected chi connectivity index (χ0v) is 12.8. The van der Waals surface area contributed by atoms with Gasteiger partial charge in [0.05, 0.1) is 12.2 Å². The van der Waals surface area contributed by atoms with Crippen LogP contribution in [-0.4, -0.2) is 26.6 Å². The van der Waals surface area contributed by atoms with Gasteiger partial charge in [0, 0.05) is 18.8 Å². The third-order valence-corrected chi connectivity index (χ3v) is 3.06. The first-order valence-electron chi connectivity index (χ1n) is 6.81. The molecular formula is C14H14F3N5O2. The summed E-state index contributed by atoms with van der Waals surface area (Å²) in [6, 6.07) is 2.51. The minimum atomic E-state index is -4.64. The van der Waals surface area contributed by atoms with E-state index >= 15 is 0 Å². The van der Waals surface area contributed by atoms with Crippen LogP contribution in [0.25, 0.3) is 0 Å². The maximum atomic E-state index is 12.6. The molecule has 10 heteroatoms. The van der Waals surface area contributed by atoms with Gasteiger partial charge in [-0.3, -0.25) is 14.3 Å². The molecule has 0 aliphatic heterocycles. The molecule has 0 saturated carbocycles. The number of hydrogen-bond donors (Lipinski definition) is 2. The third-order valence-electron chi connectivity index (χ3n) is 3.06. The van der Waals surface area contributed by atoms with Crippen molar-refractivity contribution in [3.63, 3.8) is 0 Å². The van der Waals surface area contributed by atoms with E-state index in [1.807, 2.05) is 5.32 Å². The lowest BCUT2D eigenvalue weighted by Crippen LogP contribution is -2.37. The predicted molar refractivity (Wildman–Crippen MR) is 77.6 cm³/mol. The number of rotatable bonds is 3. The van der Waals surface area contributed by atoms with Crippen LogP contribution in [0.4, 0.5) is 19.0 Å². The predicted octanol–water partition coefficient (Wildman–Crippen LogP) is 1.65. The number of aromatic nitrogens is 3. The van der Waals surface area contributed by atoms with Gasteiger partial charge in [0.2, 0.25) is 0 Å². The highest BCUT2D eigenvalue weighted by Crippen LogP contribution is 2.28. The molecule has 0 bridgehead atoms. The van der Waals surface area contributed by atoms with Gasteiger partial charge in [-0.2, -0.15) is 18.3 Å². The number of halogens is 3. The summed E-state index contributed by atoms with van der Waals surface area (Å²) in [4.78, 5) is 26.9. The topological polar surface area (TPSA) is 88.9 Å². The molecule has 0 spiro atoms. The molecule has 1 unspecified atom stereocenters. The minimum Gasteiger partial charge on any atom is -0.341 e. The zero-order valence-electron chi connectivity index (χ0n) is 12.8. The quantitative estimate of drug-likeness (QED) is 0.831. The van der Waals surface area contributed by atoms with Crippen LogP contribution in [0.2, 0.25) is 0 Å². The highest BCUT2D eigenvalue weighted by molar-refractivity contribution is 6.39. The molecule has 0 aromatic carbocycles. The van der Waals surface area contributed by atoms with Crippen LogP contribution in [0.3, 0.4) is 0 Å². The monoisotopic (exact) mass is 341 g/mol. The summed E-state index contributed by atoms with van der Waals surface area (Å²) >= 11 is 0. The number of nitrogens with zero attached hydrogens (tertiary/aromatic N) is 3. The molecule has 0 fully saturated rings. The first-order valence-corrected chi connectivity index (χ1v) is 6.81. The summed E-state index contributed by atoms with van der Waals surface area (Å²) in [5, 5.41) is 8.39. The van der Waals surface area contributed by atoms with E-state index in [0.717, 1.165) is 18.2 Å². The summed E-state index contributed by atoms with van der Waals surface area (Å²) in [6.07, 6.45) is -1.45. The zero-order chi connectivity index (χ0) is 17.9. The van der Waals surface area contributed by atoms with E-state index in [2.05, 4.69) is 15.4 Å². The molecule has 24 heavy (non-hydrogen) atoms. The molecule has 0 saturated heterocycles. The minimum absolute atomic E-state index is 0.362. The van der Waals surface area contributed by atoms with Crippen molar-refractivity contribution >= 4 is 17.6 Å². The van der Waals surface area contributed by atoms with Gasteiger partial charge in [-0.15, -0.1) is 0 Å². The number of amides is 2. The molecule has 0 radical (unpaired) electrons. The van der Waals surface area contributed by atoms with Crippen LogP contribution >= 0.6 is 0 Å². The van der Waals surface area contributed by atoms with Gasteiger partial charge >= 0.3 is 18.0 Å². The SMILES string of the molecule is CC(NC(=O)C(=O)Nc1cccc(C(F)(F)F)n1)c1cnn(C)c1. The van der Waals surface area contributed by atoms with Crippen molar-refractivity contribution in [3.05, 3.63) is 41.9 Å².